The monoisotopic (exact) mass is 308 g/mol. The van der Waals surface area contributed by atoms with Gasteiger partial charge in [-0.25, -0.2) is 4.98 Å². The van der Waals surface area contributed by atoms with Gasteiger partial charge in [0.1, 0.15) is 6.04 Å². The lowest BCUT2D eigenvalue weighted by Crippen LogP contribution is -2.41. The lowest BCUT2D eigenvalue weighted by Gasteiger charge is -2.14. The van der Waals surface area contributed by atoms with Gasteiger partial charge in [-0.15, -0.1) is 0 Å². The van der Waals surface area contributed by atoms with Crippen molar-refractivity contribution >= 4 is 28.5 Å². The number of carbonyl (C=O) groups excluding carboxylic acids is 2. The van der Waals surface area contributed by atoms with E-state index < -0.39 is 6.04 Å². The molecule has 3 aromatic rings. The molecule has 2 amide bonds. The first kappa shape index (κ1) is 14.8. The van der Waals surface area contributed by atoms with Crippen LogP contribution < -0.4 is 10.6 Å². The van der Waals surface area contributed by atoms with Crippen LogP contribution in [0.25, 0.3) is 11.0 Å². The average molecular weight is 308 g/mol. The molecule has 1 unspecified atom stereocenters. The van der Waals surface area contributed by atoms with Crippen molar-refractivity contribution in [3.8, 4) is 0 Å². The molecule has 1 atom stereocenters. The fraction of sp³-hybridized carbons (Fsp3) is 0.118. The molecule has 0 aliphatic rings. The van der Waals surface area contributed by atoms with Crippen molar-refractivity contribution in [1.82, 2.24) is 15.3 Å². The van der Waals surface area contributed by atoms with Crippen LogP contribution in [0, 0.1) is 0 Å². The van der Waals surface area contributed by atoms with Crippen LogP contribution in [0.3, 0.4) is 0 Å². The van der Waals surface area contributed by atoms with Crippen LogP contribution in [0.15, 0.2) is 54.9 Å². The molecule has 0 aliphatic carbocycles. The van der Waals surface area contributed by atoms with E-state index in [1.54, 1.807) is 43.6 Å². The van der Waals surface area contributed by atoms with Crippen LogP contribution in [-0.2, 0) is 4.79 Å². The van der Waals surface area contributed by atoms with Crippen molar-refractivity contribution in [1.29, 1.82) is 0 Å². The Bertz CT molecular complexity index is 842. The number of fused-ring (bicyclic) bond motifs is 1. The standard InChI is InChI=1S/C17H16N4O2/c1-11(20-17(23)12-6-3-2-4-7-12)16(22)21-14-9-5-8-13-15(14)19-10-18-13/h2-11H,1H3,(H,18,19)(H,20,23)(H,21,22). The van der Waals surface area contributed by atoms with E-state index in [2.05, 4.69) is 20.6 Å². The van der Waals surface area contributed by atoms with Gasteiger partial charge in [-0.05, 0) is 31.2 Å². The predicted molar refractivity (Wildman–Crippen MR) is 88.1 cm³/mol. The zero-order chi connectivity index (χ0) is 16.2. The zero-order valence-corrected chi connectivity index (χ0v) is 12.5. The fourth-order valence-corrected chi connectivity index (χ4v) is 2.25. The van der Waals surface area contributed by atoms with Crippen molar-refractivity contribution in [2.75, 3.05) is 5.32 Å². The lowest BCUT2D eigenvalue weighted by molar-refractivity contribution is -0.117. The maximum Gasteiger partial charge on any atom is 0.251 e. The number of anilines is 1. The van der Waals surface area contributed by atoms with Crippen molar-refractivity contribution in [3.63, 3.8) is 0 Å². The first-order valence-corrected chi connectivity index (χ1v) is 7.24. The molecule has 3 rings (SSSR count). The van der Waals surface area contributed by atoms with E-state index in [1.807, 2.05) is 18.2 Å². The first-order valence-electron chi connectivity index (χ1n) is 7.24. The summed E-state index contributed by atoms with van der Waals surface area (Å²) >= 11 is 0. The van der Waals surface area contributed by atoms with E-state index in [0.717, 1.165) is 11.0 Å². The third kappa shape index (κ3) is 3.21. The van der Waals surface area contributed by atoms with Gasteiger partial charge in [-0.2, -0.15) is 0 Å². The number of amides is 2. The maximum atomic E-state index is 12.3. The van der Waals surface area contributed by atoms with Gasteiger partial charge >= 0.3 is 0 Å². The van der Waals surface area contributed by atoms with Crippen LogP contribution in [0.1, 0.15) is 17.3 Å². The molecule has 0 radical (unpaired) electrons. The average Bonchev–Trinajstić information content (AvgIpc) is 3.05. The van der Waals surface area contributed by atoms with E-state index in [0.29, 0.717) is 11.3 Å². The highest BCUT2D eigenvalue weighted by Crippen LogP contribution is 2.19. The van der Waals surface area contributed by atoms with Crippen molar-refractivity contribution < 1.29 is 9.59 Å². The summed E-state index contributed by atoms with van der Waals surface area (Å²) in [6.07, 6.45) is 1.57. The number of aromatic nitrogens is 2. The van der Waals surface area contributed by atoms with Gasteiger partial charge in [0.2, 0.25) is 5.91 Å². The van der Waals surface area contributed by atoms with Gasteiger partial charge in [-0.3, -0.25) is 9.59 Å². The molecular weight excluding hydrogens is 292 g/mol. The summed E-state index contributed by atoms with van der Waals surface area (Å²) in [7, 11) is 0. The van der Waals surface area contributed by atoms with Gasteiger partial charge < -0.3 is 15.6 Å². The summed E-state index contributed by atoms with van der Waals surface area (Å²) in [6.45, 7) is 1.64. The molecule has 0 saturated carbocycles. The molecule has 6 nitrogen and oxygen atoms in total. The summed E-state index contributed by atoms with van der Waals surface area (Å²) < 4.78 is 0. The van der Waals surface area contributed by atoms with Gasteiger partial charge in [0.15, 0.2) is 0 Å². The third-order valence-electron chi connectivity index (χ3n) is 3.49. The minimum Gasteiger partial charge on any atom is -0.343 e. The second-order valence-electron chi connectivity index (χ2n) is 5.15. The molecule has 23 heavy (non-hydrogen) atoms. The van der Waals surface area contributed by atoms with Gasteiger partial charge in [0.05, 0.1) is 23.0 Å². The largest absolute Gasteiger partial charge is 0.343 e. The summed E-state index contributed by atoms with van der Waals surface area (Å²) in [5, 5.41) is 5.48. The third-order valence-corrected chi connectivity index (χ3v) is 3.49. The SMILES string of the molecule is CC(NC(=O)c1ccccc1)C(=O)Nc1cccc2nc[nH]c12. The minimum atomic E-state index is -0.666. The van der Waals surface area contributed by atoms with Crippen molar-refractivity contribution in [3.05, 3.63) is 60.4 Å². The maximum absolute atomic E-state index is 12.3. The first-order chi connectivity index (χ1) is 11.1. The highest BCUT2D eigenvalue weighted by atomic mass is 16.2. The molecule has 2 aromatic carbocycles. The van der Waals surface area contributed by atoms with Crippen LogP contribution in [0.4, 0.5) is 5.69 Å². The van der Waals surface area contributed by atoms with Gasteiger partial charge in [0, 0.05) is 5.56 Å². The highest BCUT2D eigenvalue weighted by molar-refractivity contribution is 6.04. The number of benzene rings is 2. The molecule has 0 fully saturated rings. The van der Waals surface area contributed by atoms with E-state index in [9.17, 15) is 9.59 Å². The molecule has 0 bridgehead atoms. The Morgan fingerprint density at radius 3 is 2.65 bits per heavy atom. The minimum absolute atomic E-state index is 0.284. The Morgan fingerprint density at radius 1 is 1.09 bits per heavy atom. The molecule has 0 spiro atoms. The van der Waals surface area contributed by atoms with Crippen LogP contribution in [0.2, 0.25) is 0 Å². The lowest BCUT2D eigenvalue weighted by atomic mass is 10.2. The molecule has 0 aliphatic heterocycles. The van der Waals surface area contributed by atoms with Gasteiger partial charge in [-0.1, -0.05) is 24.3 Å². The second-order valence-corrected chi connectivity index (χ2v) is 5.15. The van der Waals surface area contributed by atoms with E-state index in [1.165, 1.54) is 0 Å². The second kappa shape index (κ2) is 6.31. The number of hydrogen-bond donors (Lipinski definition) is 3. The number of nitrogens with one attached hydrogen (secondary N) is 3. The molecule has 116 valence electrons. The summed E-state index contributed by atoms with van der Waals surface area (Å²) in [5.74, 6) is -0.579. The Morgan fingerprint density at radius 2 is 1.87 bits per heavy atom. The quantitative estimate of drug-likeness (QED) is 0.691. The normalized spacial score (nSPS) is 11.9. The van der Waals surface area contributed by atoms with Gasteiger partial charge in [0.25, 0.3) is 5.91 Å². The number of nitrogens with zero attached hydrogens (tertiary/aromatic N) is 1. The summed E-state index contributed by atoms with van der Waals surface area (Å²) in [4.78, 5) is 31.5. The van der Waals surface area contributed by atoms with Crippen molar-refractivity contribution in [2.45, 2.75) is 13.0 Å². The number of H-pyrrole nitrogens is 1. The Hall–Kier alpha value is -3.15. The highest BCUT2D eigenvalue weighted by Gasteiger charge is 2.17. The Labute approximate surface area is 132 Å². The molecule has 6 heteroatoms. The van der Waals surface area contributed by atoms with Crippen LogP contribution in [-0.4, -0.2) is 27.8 Å². The fourth-order valence-electron chi connectivity index (χ4n) is 2.25. The predicted octanol–water partition coefficient (Wildman–Crippen LogP) is 2.32. The molecular formula is C17H16N4O2. The number of rotatable bonds is 4. The van der Waals surface area contributed by atoms with Crippen LogP contribution in [0.5, 0.6) is 0 Å². The molecule has 3 N–H and O–H groups in total. The summed E-state index contributed by atoms with van der Waals surface area (Å²) in [6, 6.07) is 13.6. The molecule has 0 saturated heterocycles. The number of para-hydroxylation sites is 1. The Balaban J connectivity index is 1.68. The molecule has 1 aromatic heterocycles. The molecule has 1 heterocycles. The number of hydrogen-bond acceptors (Lipinski definition) is 3. The smallest absolute Gasteiger partial charge is 0.251 e. The van der Waals surface area contributed by atoms with E-state index in [-0.39, 0.29) is 11.8 Å². The van der Waals surface area contributed by atoms with Crippen LogP contribution >= 0.6 is 0 Å². The van der Waals surface area contributed by atoms with Crippen molar-refractivity contribution in [2.24, 2.45) is 0 Å². The summed E-state index contributed by atoms with van der Waals surface area (Å²) in [5.41, 5.74) is 2.67. The number of carbonyl (C=O) groups is 2. The van der Waals surface area contributed by atoms with E-state index >= 15 is 0 Å². The Kier molecular flexibility index (Phi) is 4.05. The topological polar surface area (TPSA) is 86.9 Å². The number of aromatic amines is 1. The van der Waals surface area contributed by atoms with E-state index in [4.69, 9.17) is 0 Å². The zero-order valence-electron chi connectivity index (χ0n) is 12.5. The number of imidazole rings is 1.